The molecule has 5 nitrogen and oxygen atoms in total. The first-order valence-electron chi connectivity index (χ1n) is 6.43. The SMILES string of the molecule is C#Cc1cccc(-n2nc(C(N)=O)c3c2NCCC3)c1. The average molecular weight is 266 g/mol. The van der Waals surface area contributed by atoms with Crippen molar-refractivity contribution in [3.8, 4) is 18.0 Å². The van der Waals surface area contributed by atoms with Gasteiger partial charge in [-0.15, -0.1) is 6.42 Å². The molecule has 2 heterocycles. The normalized spacial score (nSPS) is 13.2. The highest BCUT2D eigenvalue weighted by Crippen LogP contribution is 2.28. The minimum absolute atomic E-state index is 0.332. The fourth-order valence-corrected chi connectivity index (χ4v) is 2.45. The van der Waals surface area contributed by atoms with E-state index in [1.165, 1.54) is 0 Å². The van der Waals surface area contributed by atoms with Gasteiger partial charge in [-0.05, 0) is 31.0 Å². The van der Waals surface area contributed by atoms with Crippen LogP contribution < -0.4 is 11.1 Å². The van der Waals surface area contributed by atoms with E-state index in [4.69, 9.17) is 12.2 Å². The highest BCUT2D eigenvalue weighted by molar-refractivity contribution is 5.94. The molecule has 0 saturated carbocycles. The predicted octanol–water partition coefficient (Wildman–Crippen LogP) is 1.31. The lowest BCUT2D eigenvalue weighted by molar-refractivity contribution is 0.0994. The fraction of sp³-hybridized carbons (Fsp3) is 0.200. The van der Waals surface area contributed by atoms with Gasteiger partial charge in [-0.3, -0.25) is 4.79 Å². The average Bonchev–Trinajstić information content (AvgIpc) is 2.87. The van der Waals surface area contributed by atoms with E-state index in [-0.39, 0.29) is 0 Å². The molecule has 0 atom stereocenters. The van der Waals surface area contributed by atoms with Crippen LogP contribution in [0.5, 0.6) is 0 Å². The largest absolute Gasteiger partial charge is 0.370 e. The zero-order chi connectivity index (χ0) is 14.1. The lowest BCUT2D eigenvalue weighted by Gasteiger charge is -2.16. The van der Waals surface area contributed by atoms with Gasteiger partial charge in [0.25, 0.3) is 5.91 Å². The van der Waals surface area contributed by atoms with E-state index < -0.39 is 5.91 Å². The van der Waals surface area contributed by atoms with Crippen LogP contribution in [0.15, 0.2) is 24.3 Å². The Labute approximate surface area is 116 Å². The van der Waals surface area contributed by atoms with Crippen LogP contribution in [0.3, 0.4) is 0 Å². The molecule has 5 heteroatoms. The molecule has 20 heavy (non-hydrogen) atoms. The number of carbonyl (C=O) groups excluding carboxylic acids is 1. The molecule has 0 saturated heterocycles. The van der Waals surface area contributed by atoms with Gasteiger partial charge in [0.2, 0.25) is 0 Å². The molecular weight excluding hydrogens is 252 g/mol. The summed E-state index contributed by atoms with van der Waals surface area (Å²) in [5.41, 5.74) is 8.21. The number of nitrogens with zero attached hydrogens (tertiary/aromatic N) is 2. The van der Waals surface area contributed by atoms with E-state index in [0.29, 0.717) is 5.69 Å². The Morgan fingerprint density at radius 2 is 2.35 bits per heavy atom. The smallest absolute Gasteiger partial charge is 0.269 e. The standard InChI is InChI=1S/C15H14N4O/c1-2-10-5-3-6-11(9-10)19-15-12(7-4-8-17-15)13(18-19)14(16)20/h1,3,5-6,9,17H,4,7-8H2,(H2,16,20). The summed E-state index contributed by atoms with van der Waals surface area (Å²) in [6, 6.07) is 7.47. The van der Waals surface area contributed by atoms with Crippen molar-refractivity contribution in [1.82, 2.24) is 9.78 Å². The number of carbonyl (C=O) groups is 1. The third-order valence-electron chi connectivity index (χ3n) is 3.37. The summed E-state index contributed by atoms with van der Waals surface area (Å²) in [5, 5.41) is 7.63. The van der Waals surface area contributed by atoms with Gasteiger partial charge in [0.05, 0.1) is 5.69 Å². The Bertz CT molecular complexity index is 724. The molecule has 1 aromatic carbocycles. The van der Waals surface area contributed by atoms with Crippen molar-refractivity contribution in [3.05, 3.63) is 41.1 Å². The van der Waals surface area contributed by atoms with Gasteiger partial charge >= 0.3 is 0 Å². The van der Waals surface area contributed by atoms with Crippen molar-refractivity contribution in [3.63, 3.8) is 0 Å². The molecular formula is C15H14N4O. The van der Waals surface area contributed by atoms with Crippen LogP contribution in [-0.2, 0) is 6.42 Å². The number of aromatic nitrogens is 2. The van der Waals surface area contributed by atoms with E-state index in [1.54, 1.807) is 4.68 Å². The topological polar surface area (TPSA) is 72.9 Å². The molecule has 0 unspecified atom stereocenters. The van der Waals surface area contributed by atoms with Crippen LogP contribution in [0.4, 0.5) is 5.82 Å². The molecule has 2 aromatic rings. The molecule has 1 amide bonds. The molecule has 1 aromatic heterocycles. The first-order valence-corrected chi connectivity index (χ1v) is 6.43. The molecule has 1 aliphatic rings. The molecule has 0 radical (unpaired) electrons. The predicted molar refractivity (Wildman–Crippen MR) is 76.8 cm³/mol. The van der Waals surface area contributed by atoms with Crippen molar-refractivity contribution >= 4 is 11.7 Å². The van der Waals surface area contributed by atoms with Gasteiger partial charge in [-0.25, -0.2) is 4.68 Å². The van der Waals surface area contributed by atoms with Crippen molar-refractivity contribution in [1.29, 1.82) is 0 Å². The van der Waals surface area contributed by atoms with E-state index in [9.17, 15) is 4.79 Å². The third kappa shape index (κ3) is 1.91. The van der Waals surface area contributed by atoms with Gasteiger partial charge in [-0.2, -0.15) is 5.10 Å². The third-order valence-corrected chi connectivity index (χ3v) is 3.37. The number of hydrogen-bond donors (Lipinski definition) is 2. The van der Waals surface area contributed by atoms with Gasteiger partial charge < -0.3 is 11.1 Å². The molecule has 0 fully saturated rings. The molecule has 0 aliphatic carbocycles. The number of benzene rings is 1. The Morgan fingerprint density at radius 3 is 3.10 bits per heavy atom. The number of rotatable bonds is 2. The second-order valence-electron chi connectivity index (χ2n) is 4.68. The summed E-state index contributed by atoms with van der Waals surface area (Å²) >= 11 is 0. The first-order chi connectivity index (χ1) is 9.70. The Kier molecular flexibility index (Phi) is 2.92. The Hall–Kier alpha value is -2.74. The number of terminal acetylenes is 1. The van der Waals surface area contributed by atoms with Crippen LogP contribution in [0.2, 0.25) is 0 Å². The Balaban J connectivity index is 2.18. The van der Waals surface area contributed by atoms with Crippen molar-refractivity contribution in [2.75, 3.05) is 11.9 Å². The number of primary amides is 1. The zero-order valence-electron chi connectivity index (χ0n) is 10.9. The van der Waals surface area contributed by atoms with Gasteiger partial charge in [0, 0.05) is 17.7 Å². The van der Waals surface area contributed by atoms with Gasteiger partial charge in [0.1, 0.15) is 5.82 Å². The molecule has 100 valence electrons. The molecule has 0 spiro atoms. The van der Waals surface area contributed by atoms with Gasteiger partial charge in [0.15, 0.2) is 5.69 Å². The molecule has 1 aliphatic heterocycles. The fourth-order valence-electron chi connectivity index (χ4n) is 2.45. The summed E-state index contributed by atoms with van der Waals surface area (Å²) in [6.07, 6.45) is 7.18. The maximum absolute atomic E-state index is 11.5. The zero-order valence-corrected chi connectivity index (χ0v) is 10.9. The number of anilines is 1. The first kappa shape index (κ1) is 12.3. The number of nitrogens with two attached hydrogens (primary N) is 1. The second kappa shape index (κ2) is 4.74. The summed E-state index contributed by atoms with van der Waals surface area (Å²) in [4.78, 5) is 11.5. The van der Waals surface area contributed by atoms with E-state index >= 15 is 0 Å². The highest BCUT2D eigenvalue weighted by atomic mass is 16.1. The summed E-state index contributed by atoms with van der Waals surface area (Å²) in [5.74, 6) is 2.92. The lowest BCUT2D eigenvalue weighted by atomic mass is 10.1. The number of fused-ring (bicyclic) bond motifs is 1. The molecule has 0 bridgehead atoms. The van der Waals surface area contributed by atoms with Crippen LogP contribution in [0, 0.1) is 12.3 Å². The second-order valence-corrected chi connectivity index (χ2v) is 4.68. The van der Waals surface area contributed by atoms with Crippen LogP contribution in [-0.4, -0.2) is 22.2 Å². The molecule has 3 N–H and O–H groups in total. The maximum Gasteiger partial charge on any atom is 0.269 e. The van der Waals surface area contributed by atoms with E-state index in [1.807, 2.05) is 24.3 Å². The van der Waals surface area contributed by atoms with Crippen LogP contribution in [0.1, 0.15) is 28.0 Å². The Morgan fingerprint density at radius 1 is 1.50 bits per heavy atom. The number of nitrogens with one attached hydrogen (secondary N) is 1. The number of hydrogen-bond acceptors (Lipinski definition) is 3. The van der Waals surface area contributed by atoms with Crippen LogP contribution >= 0.6 is 0 Å². The summed E-state index contributed by atoms with van der Waals surface area (Å²) < 4.78 is 1.70. The minimum Gasteiger partial charge on any atom is -0.370 e. The lowest BCUT2D eigenvalue weighted by Crippen LogP contribution is -2.17. The van der Waals surface area contributed by atoms with Crippen molar-refractivity contribution in [2.24, 2.45) is 5.73 Å². The van der Waals surface area contributed by atoms with E-state index in [2.05, 4.69) is 16.3 Å². The maximum atomic E-state index is 11.5. The summed E-state index contributed by atoms with van der Waals surface area (Å²) in [6.45, 7) is 0.853. The highest BCUT2D eigenvalue weighted by Gasteiger charge is 2.24. The summed E-state index contributed by atoms with van der Waals surface area (Å²) in [7, 11) is 0. The van der Waals surface area contributed by atoms with Crippen molar-refractivity contribution < 1.29 is 4.79 Å². The minimum atomic E-state index is -0.503. The van der Waals surface area contributed by atoms with Crippen LogP contribution in [0.25, 0.3) is 5.69 Å². The number of amides is 1. The van der Waals surface area contributed by atoms with Gasteiger partial charge in [-0.1, -0.05) is 12.0 Å². The molecule has 3 rings (SSSR count). The van der Waals surface area contributed by atoms with Crippen molar-refractivity contribution in [2.45, 2.75) is 12.8 Å². The quantitative estimate of drug-likeness (QED) is 0.805. The van der Waals surface area contributed by atoms with E-state index in [0.717, 1.165) is 42.0 Å². The monoisotopic (exact) mass is 266 g/mol.